The van der Waals surface area contributed by atoms with Crippen molar-refractivity contribution in [3.05, 3.63) is 48.3 Å². The first-order chi connectivity index (χ1) is 13.3. The third kappa shape index (κ3) is 4.36. The topological polar surface area (TPSA) is 70.6 Å². The molecule has 142 valence electrons. The van der Waals surface area contributed by atoms with Crippen LogP contribution in [0.15, 0.2) is 42.6 Å². The maximum atomic E-state index is 12.4. The SMILES string of the molecule is O=C(NCC1CCCO1)c1ccnc(N2CCN(c3ccccc3)CC2)n1. The van der Waals surface area contributed by atoms with Gasteiger partial charge in [-0.2, -0.15) is 0 Å². The second-order valence-corrected chi connectivity index (χ2v) is 6.90. The zero-order chi connectivity index (χ0) is 18.5. The van der Waals surface area contributed by atoms with Gasteiger partial charge in [-0.05, 0) is 31.0 Å². The van der Waals surface area contributed by atoms with Crippen molar-refractivity contribution >= 4 is 17.5 Å². The summed E-state index contributed by atoms with van der Waals surface area (Å²) in [5, 5.41) is 2.92. The van der Waals surface area contributed by atoms with E-state index in [1.165, 1.54) is 5.69 Å². The zero-order valence-corrected chi connectivity index (χ0v) is 15.4. The summed E-state index contributed by atoms with van der Waals surface area (Å²) in [6.45, 7) is 4.79. The van der Waals surface area contributed by atoms with Crippen LogP contribution in [-0.4, -0.2) is 61.3 Å². The van der Waals surface area contributed by atoms with Gasteiger partial charge in [0.1, 0.15) is 5.69 Å². The molecule has 0 spiro atoms. The summed E-state index contributed by atoms with van der Waals surface area (Å²) in [4.78, 5) is 25.7. The molecule has 2 aliphatic heterocycles. The van der Waals surface area contributed by atoms with Crippen molar-refractivity contribution in [3.63, 3.8) is 0 Å². The highest BCUT2D eigenvalue weighted by atomic mass is 16.5. The van der Waals surface area contributed by atoms with Gasteiger partial charge in [-0.25, -0.2) is 9.97 Å². The number of piperazine rings is 1. The molecule has 2 aromatic rings. The molecule has 0 bridgehead atoms. The van der Waals surface area contributed by atoms with Crippen molar-refractivity contribution in [1.82, 2.24) is 15.3 Å². The summed E-state index contributed by atoms with van der Waals surface area (Å²) >= 11 is 0. The van der Waals surface area contributed by atoms with Crippen LogP contribution in [0, 0.1) is 0 Å². The molecule has 4 rings (SSSR count). The highest BCUT2D eigenvalue weighted by Gasteiger charge is 2.21. The number of anilines is 2. The van der Waals surface area contributed by atoms with Crippen LogP contribution in [0.1, 0.15) is 23.3 Å². The fourth-order valence-corrected chi connectivity index (χ4v) is 3.53. The minimum atomic E-state index is -0.169. The molecule has 2 aliphatic rings. The molecule has 1 atom stereocenters. The van der Waals surface area contributed by atoms with Crippen molar-refractivity contribution in [2.75, 3.05) is 49.1 Å². The van der Waals surface area contributed by atoms with Gasteiger partial charge in [0.25, 0.3) is 5.91 Å². The number of nitrogens with one attached hydrogen (secondary N) is 1. The highest BCUT2D eigenvalue weighted by Crippen LogP contribution is 2.18. The first-order valence-electron chi connectivity index (χ1n) is 9.57. The predicted octanol–water partition coefficient (Wildman–Crippen LogP) is 1.71. The van der Waals surface area contributed by atoms with Crippen LogP contribution in [0.2, 0.25) is 0 Å². The average molecular weight is 367 g/mol. The Morgan fingerprint density at radius 1 is 1.11 bits per heavy atom. The molecule has 1 aromatic carbocycles. The van der Waals surface area contributed by atoms with E-state index >= 15 is 0 Å². The number of ether oxygens (including phenoxy) is 1. The first kappa shape index (κ1) is 17.7. The highest BCUT2D eigenvalue weighted by molar-refractivity contribution is 5.92. The number of nitrogens with zero attached hydrogens (tertiary/aromatic N) is 4. The fourth-order valence-electron chi connectivity index (χ4n) is 3.53. The quantitative estimate of drug-likeness (QED) is 0.868. The van der Waals surface area contributed by atoms with E-state index < -0.39 is 0 Å². The van der Waals surface area contributed by atoms with Gasteiger partial charge in [0.05, 0.1) is 6.10 Å². The molecule has 3 heterocycles. The van der Waals surface area contributed by atoms with E-state index in [1.807, 2.05) is 6.07 Å². The number of carbonyl (C=O) groups excluding carboxylic acids is 1. The van der Waals surface area contributed by atoms with Crippen LogP contribution in [0.3, 0.4) is 0 Å². The van der Waals surface area contributed by atoms with Crippen LogP contribution in [0.5, 0.6) is 0 Å². The van der Waals surface area contributed by atoms with E-state index in [0.717, 1.165) is 45.6 Å². The zero-order valence-electron chi connectivity index (χ0n) is 15.4. The van der Waals surface area contributed by atoms with Crippen LogP contribution in [0.4, 0.5) is 11.6 Å². The molecule has 1 unspecified atom stereocenters. The molecule has 27 heavy (non-hydrogen) atoms. The van der Waals surface area contributed by atoms with Gasteiger partial charge in [-0.15, -0.1) is 0 Å². The van der Waals surface area contributed by atoms with E-state index in [1.54, 1.807) is 12.3 Å². The molecule has 0 aliphatic carbocycles. The van der Waals surface area contributed by atoms with Gasteiger partial charge in [0.15, 0.2) is 0 Å². The Kier molecular flexibility index (Phi) is 5.48. The average Bonchev–Trinajstić information content (AvgIpc) is 3.27. The number of carbonyl (C=O) groups is 1. The monoisotopic (exact) mass is 367 g/mol. The molecule has 7 nitrogen and oxygen atoms in total. The Bertz CT molecular complexity index is 756. The smallest absolute Gasteiger partial charge is 0.270 e. The second-order valence-electron chi connectivity index (χ2n) is 6.90. The van der Waals surface area contributed by atoms with Gasteiger partial charge in [-0.1, -0.05) is 18.2 Å². The summed E-state index contributed by atoms with van der Waals surface area (Å²) in [5.74, 6) is 0.449. The molecule has 2 saturated heterocycles. The molecule has 0 radical (unpaired) electrons. The van der Waals surface area contributed by atoms with Crippen LogP contribution in [-0.2, 0) is 4.74 Å². The molecular formula is C20H25N5O2. The Morgan fingerprint density at radius 2 is 1.89 bits per heavy atom. The lowest BCUT2D eigenvalue weighted by Crippen LogP contribution is -2.47. The molecule has 1 N–H and O–H groups in total. The third-order valence-corrected chi connectivity index (χ3v) is 5.07. The van der Waals surface area contributed by atoms with Crippen molar-refractivity contribution < 1.29 is 9.53 Å². The van der Waals surface area contributed by atoms with E-state index in [0.29, 0.717) is 18.2 Å². The first-order valence-corrected chi connectivity index (χ1v) is 9.57. The maximum Gasteiger partial charge on any atom is 0.270 e. The van der Waals surface area contributed by atoms with Crippen molar-refractivity contribution in [3.8, 4) is 0 Å². The van der Waals surface area contributed by atoms with Crippen molar-refractivity contribution in [1.29, 1.82) is 0 Å². The molecule has 1 amide bonds. The Labute approximate surface area is 159 Å². The number of hydrogen-bond donors (Lipinski definition) is 1. The van der Waals surface area contributed by atoms with Gasteiger partial charge < -0.3 is 19.9 Å². The van der Waals surface area contributed by atoms with Crippen molar-refractivity contribution in [2.24, 2.45) is 0 Å². The fraction of sp³-hybridized carbons (Fsp3) is 0.450. The third-order valence-electron chi connectivity index (χ3n) is 5.07. The minimum absolute atomic E-state index is 0.126. The lowest BCUT2D eigenvalue weighted by molar-refractivity contribution is 0.0853. The maximum absolute atomic E-state index is 12.4. The summed E-state index contributed by atoms with van der Waals surface area (Å²) in [5.41, 5.74) is 1.64. The molecule has 1 aromatic heterocycles. The molecule has 2 fully saturated rings. The van der Waals surface area contributed by atoms with Crippen LogP contribution >= 0.6 is 0 Å². The second kappa shape index (κ2) is 8.35. The van der Waals surface area contributed by atoms with Gasteiger partial charge in [0, 0.05) is 51.2 Å². The standard InChI is InChI=1S/C20H25N5O2/c26-19(22-15-17-7-4-14-27-17)18-8-9-21-20(23-18)25-12-10-24(11-13-25)16-5-2-1-3-6-16/h1-3,5-6,8-9,17H,4,7,10-15H2,(H,22,26). The number of benzene rings is 1. The van der Waals surface area contributed by atoms with E-state index in [2.05, 4.69) is 49.4 Å². The lowest BCUT2D eigenvalue weighted by Gasteiger charge is -2.36. The number of aromatic nitrogens is 2. The number of rotatable bonds is 5. The predicted molar refractivity (Wildman–Crippen MR) is 104 cm³/mol. The van der Waals surface area contributed by atoms with Gasteiger partial charge in [-0.3, -0.25) is 4.79 Å². The van der Waals surface area contributed by atoms with Crippen LogP contribution in [0.25, 0.3) is 0 Å². The normalized spacial score (nSPS) is 19.9. The Hall–Kier alpha value is -2.67. The van der Waals surface area contributed by atoms with Gasteiger partial charge >= 0.3 is 0 Å². The number of amides is 1. The summed E-state index contributed by atoms with van der Waals surface area (Å²) in [6, 6.07) is 12.1. The number of para-hydroxylation sites is 1. The van der Waals surface area contributed by atoms with E-state index in [9.17, 15) is 4.79 Å². The molecule has 0 saturated carbocycles. The number of hydrogen-bond acceptors (Lipinski definition) is 6. The van der Waals surface area contributed by atoms with E-state index in [4.69, 9.17) is 4.74 Å². The Balaban J connectivity index is 1.34. The van der Waals surface area contributed by atoms with Gasteiger partial charge in [0.2, 0.25) is 5.95 Å². The minimum Gasteiger partial charge on any atom is -0.376 e. The van der Waals surface area contributed by atoms with E-state index in [-0.39, 0.29) is 12.0 Å². The largest absolute Gasteiger partial charge is 0.376 e. The summed E-state index contributed by atoms with van der Waals surface area (Å²) < 4.78 is 5.54. The van der Waals surface area contributed by atoms with Crippen molar-refractivity contribution in [2.45, 2.75) is 18.9 Å². The molecular weight excluding hydrogens is 342 g/mol. The summed E-state index contributed by atoms with van der Waals surface area (Å²) in [7, 11) is 0. The Morgan fingerprint density at radius 3 is 2.63 bits per heavy atom. The lowest BCUT2D eigenvalue weighted by atomic mass is 10.2. The summed E-state index contributed by atoms with van der Waals surface area (Å²) in [6.07, 6.45) is 3.85. The van der Waals surface area contributed by atoms with Crippen LogP contribution < -0.4 is 15.1 Å². The molecule has 7 heteroatoms.